The van der Waals surface area contributed by atoms with Crippen molar-refractivity contribution in [2.24, 2.45) is 11.7 Å². The number of aliphatic hydroxyl groups excluding tert-OH is 1. The summed E-state index contributed by atoms with van der Waals surface area (Å²) < 4.78 is 11.4. The molecule has 1 saturated carbocycles. The van der Waals surface area contributed by atoms with Crippen molar-refractivity contribution in [1.29, 1.82) is 0 Å². The van der Waals surface area contributed by atoms with Gasteiger partial charge in [0.05, 0.1) is 19.3 Å². The van der Waals surface area contributed by atoms with Crippen LogP contribution in [0.25, 0.3) is 11.1 Å². The van der Waals surface area contributed by atoms with Crippen LogP contribution in [0.1, 0.15) is 37.7 Å². The Morgan fingerprint density at radius 3 is 2.70 bits per heavy atom. The molecule has 202 valence electrons. The van der Waals surface area contributed by atoms with Gasteiger partial charge < -0.3 is 30.3 Å². The maximum atomic E-state index is 13.3. The number of benzene rings is 2. The van der Waals surface area contributed by atoms with E-state index in [0.717, 1.165) is 12.0 Å². The molecule has 1 amide bonds. The molecular formula is C28H36Cl2N2O5. The molecular weight excluding hydrogens is 515 g/mol. The Kier molecular flexibility index (Phi) is 9.51. The number of methoxy groups -OCH3 is 1. The number of carbonyl (C=O) groups is 1. The number of amides is 1. The van der Waals surface area contributed by atoms with Crippen LogP contribution in [-0.2, 0) is 19.9 Å². The molecule has 4 N–H and O–H groups in total. The highest BCUT2D eigenvalue weighted by molar-refractivity contribution is 6.34. The van der Waals surface area contributed by atoms with E-state index in [1.165, 1.54) is 0 Å². The summed E-state index contributed by atoms with van der Waals surface area (Å²) in [4.78, 5) is 15.1. The van der Waals surface area contributed by atoms with Gasteiger partial charge in [-0.3, -0.25) is 4.79 Å². The highest BCUT2D eigenvalue weighted by Crippen LogP contribution is 2.43. The van der Waals surface area contributed by atoms with Crippen molar-refractivity contribution in [3.63, 3.8) is 0 Å². The fourth-order valence-electron chi connectivity index (χ4n) is 5.58. The van der Waals surface area contributed by atoms with Crippen LogP contribution >= 0.6 is 23.2 Å². The number of ether oxygens (including phenoxy) is 2. The van der Waals surface area contributed by atoms with Crippen molar-refractivity contribution in [3.8, 4) is 11.1 Å². The fraction of sp³-hybridized carbons (Fsp3) is 0.536. The smallest absolute Gasteiger partial charge is 0.226 e. The van der Waals surface area contributed by atoms with E-state index in [0.29, 0.717) is 66.6 Å². The Balaban J connectivity index is 1.68. The Hall–Kier alpha value is -1.71. The van der Waals surface area contributed by atoms with Crippen molar-refractivity contribution in [2.75, 3.05) is 33.4 Å². The molecule has 1 aliphatic carbocycles. The number of nitrogens with two attached hydrogens (primary N) is 1. The van der Waals surface area contributed by atoms with Gasteiger partial charge in [-0.05, 0) is 61.4 Å². The van der Waals surface area contributed by atoms with E-state index in [1.54, 1.807) is 24.1 Å². The lowest BCUT2D eigenvalue weighted by molar-refractivity contribution is -0.167. The predicted octanol–water partition coefficient (Wildman–Crippen LogP) is 3.99. The summed E-state index contributed by atoms with van der Waals surface area (Å²) in [7, 11) is 1.65. The Labute approximate surface area is 228 Å². The largest absolute Gasteiger partial charge is 0.391 e. The van der Waals surface area contributed by atoms with Gasteiger partial charge in [0, 0.05) is 47.8 Å². The summed E-state index contributed by atoms with van der Waals surface area (Å²) in [6, 6.07) is 12.5. The standard InChI is InChI=1S/C28H36Cl2N2O5/c1-36-12-3-2-10-28(35,21-8-5-9-22(30)26(21)18-6-4-7-20(29)14-18)25-17-32(11-13-37-25)27(34)19-15-23(31)24(33)16-19/h4-9,14,19,23-25,33,35H,2-3,10-13,15-17,31H2,1H3. The van der Waals surface area contributed by atoms with Crippen LogP contribution < -0.4 is 5.73 Å². The minimum Gasteiger partial charge on any atom is -0.391 e. The molecule has 4 rings (SSSR count). The average molecular weight is 552 g/mol. The highest BCUT2D eigenvalue weighted by atomic mass is 35.5. The normalized spacial score (nSPS) is 25.7. The van der Waals surface area contributed by atoms with Gasteiger partial charge in [0.25, 0.3) is 0 Å². The number of hydrogen-bond donors (Lipinski definition) is 3. The Morgan fingerprint density at radius 2 is 2.00 bits per heavy atom. The zero-order valence-electron chi connectivity index (χ0n) is 21.1. The van der Waals surface area contributed by atoms with Crippen LogP contribution in [0.2, 0.25) is 10.0 Å². The first kappa shape index (κ1) is 28.3. The third-order valence-electron chi connectivity index (χ3n) is 7.59. The lowest BCUT2D eigenvalue weighted by Gasteiger charge is -2.44. The second-order valence-electron chi connectivity index (χ2n) is 10.1. The van der Waals surface area contributed by atoms with Gasteiger partial charge >= 0.3 is 0 Å². The molecule has 1 saturated heterocycles. The molecule has 0 bridgehead atoms. The van der Waals surface area contributed by atoms with Gasteiger partial charge in [0.1, 0.15) is 11.7 Å². The lowest BCUT2D eigenvalue weighted by Crippen LogP contribution is -2.55. The molecule has 7 nitrogen and oxygen atoms in total. The van der Waals surface area contributed by atoms with E-state index in [2.05, 4.69) is 0 Å². The summed E-state index contributed by atoms with van der Waals surface area (Å²) in [5, 5.41) is 23.6. The number of rotatable bonds is 9. The van der Waals surface area contributed by atoms with Crippen molar-refractivity contribution < 1.29 is 24.5 Å². The van der Waals surface area contributed by atoms with Crippen LogP contribution in [-0.4, -0.2) is 72.7 Å². The van der Waals surface area contributed by atoms with E-state index in [4.69, 9.17) is 38.4 Å². The number of halogens is 2. The number of aliphatic hydroxyl groups is 2. The quantitative estimate of drug-likeness (QED) is 0.407. The summed E-state index contributed by atoms with van der Waals surface area (Å²) in [6.07, 6.45) is 1.30. The Morgan fingerprint density at radius 1 is 1.22 bits per heavy atom. The molecule has 2 aromatic carbocycles. The molecule has 0 spiro atoms. The first-order valence-electron chi connectivity index (χ1n) is 12.8. The first-order valence-corrected chi connectivity index (χ1v) is 13.6. The van der Waals surface area contributed by atoms with Crippen LogP contribution in [0.5, 0.6) is 0 Å². The second-order valence-corrected chi connectivity index (χ2v) is 10.9. The minimum atomic E-state index is -1.43. The molecule has 0 radical (unpaired) electrons. The summed E-state index contributed by atoms with van der Waals surface area (Å²) in [5.74, 6) is -0.380. The summed E-state index contributed by atoms with van der Waals surface area (Å²) in [5.41, 5.74) is 6.66. The molecule has 0 aromatic heterocycles. The van der Waals surface area contributed by atoms with Gasteiger partial charge in [-0.15, -0.1) is 0 Å². The molecule has 2 fully saturated rings. The predicted molar refractivity (Wildman–Crippen MR) is 145 cm³/mol. The van der Waals surface area contributed by atoms with Crippen molar-refractivity contribution in [1.82, 2.24) is 4.90 Å². The minimum absolute atomic E-state index is 0.0526. The zero-order valence-corrected chi connectivity index (χ0v) is 22.6. The van der Waals surface area contributed by atoms with E-state index in [-0.39, 0.29) is 18.4 Å². The average Bonchev–Trinajstić information content (AvgIpc) is 3.23. The van der Waals surface area contributed by atoms with Crippen molar-refractivity contribution in [3.05, 3.63) is 58.1 Å². The molecule has 37 heavy (non-hydrogen) atoms. The van der Waals surface area contributed by atoms with Gasteiger partial charge in [-0.1, -0.05) is 47.5 Å². The van der Waals surface area contributed by atoms with Gasteiger partial charge in [-0.2, -0.15) is 0 Å². The monoisotopic (exact) mass is 550 g/mol. The molecule has 2 aliphatic rings. The van der Waals surface area contributed by atoms with Crippen molar-refractivity contribution in [2.45, 2.75) is 56.0 Å². The third kappa shape index (κ3) is 6.31. The van der Waals surface area contributed by atoms with E-state index < -0.39 is 23.9 Å². The van der Waals surface area contributed by atoms with E-state index >= 15 is 0 Å². The van der Waals surface area contributed by atoms with Crippen molar-refractivity contribution >= 4 is 29.1 Å². The zero-order chi connectivity index (χ0) is 26.6. The number of unbranched alkanes of at least 4 members (excludes halogenated alkanes) is 1. The molecule has 5 atom stereocenters. The Bertz CT molecular complexity index is 1080. The lowest BCUT2D eigenvalue weighted by atomic mass is 9.79. The number of carbonyl (C=O) groups excluding carboxylic acids is 1. The summed E-state index contributed by atoms with van der Waals surface area (Å²) >= 11 is 13.0. The fourth-order valence-corrected chi connectivity index (χ4v) is 6.05. The topological polar surface area (TPSA) is 105 Å². The number of morpholine rings is 1. The number of hydrogen-bond acceptors (Lipinski definition) is 6. The van der Waals surface area contributed by atoms with Crippen LogP contribution in [0.4, 0.5) is 0 Å². The number of nitrogens with zero attached hydrogens (tertiary/aromatic N) is 1. The van der Waals surface area contributed by atoms with E-state index in [1.807, 2.05) is 30.3 Å². The van der Waals surface area contributed by atoms with Crippen LogP contribution in [0.3, 0.4) is 0 Å². The highest BCUT2D eigenvalue weighted by Gasteiger charge is 2.45. The van der Waals surface area contributed by atoms with Crippen LogP contribution in [0, 0.1) is 5.92 Å². The second kappa shape index (κ2) is 12.4. The molecule has 1 aliphatic heterocycles. The maximum absolute atomic E-state index is 13.3. The van der Waals surface area contributed by atoms with Gasteiger partial charge in [-0.25, -0.2) is 0 Å². The molecule has 2 aromatic rings. The maximum Gasteiger partial charge on any atom is 0.226 e. The van der Waals surface area contributed by atoms with Crippen LogP contribution in [0.15, 0.2) is 42.5 Å². The summed E-state index contributed by atoms with van der Waals surface area (Å²) in [6.45, 7) is 1.52. The molecule has 1 heterocycles. The van der Waals surface area contributed by atoms with Gasteiger partial charge in [0.15, 0.2) is 0 Å². The van der Waals surface area contributed by atoms with E-state index in [9.17, 15) is 15.0 Å². The van der Waals surface area contributed by atoms with Gasteiger partial charge in [0.2, 0.25) is 5.91 Å². The third-order valence-corrected chi connectivity index (χ3v) is 8.14. The first-order chi connectivity index (χ1) is 17.7. The molecule has 9 heteroatoms. The molecule has 5 unspecified atom stereocenters. The SMILES string of the molecule is COCCCCC(O)(c1cccc(Cl)c1-c1cccc(Cl)c1)C1CN(C(=O)C2CC(N)C(O)C2)CCO1.